The van der Waals surface area contributed by atoms with Crippen molar-refractivity contribution in [2.75, 3.05) is 0 Å². The van der Waals surface area contributed by atoms with Crippen LogP contribution in [0, 0.1) is 0 Å². The number of hydrogen-bond acceptors (Lipinski definition) is 1. The summed E-state index contributed by atoms with van der Waals surface area (Å²) >= 11 is 0. The summed E-state index contributed by atoms with van der Waals surface area (Å²) in [4.78, 5) is 0. The van der Waals surface area contributed by atoms with Crippen molar-refractivity contribution in [2.24, 2.45) is 0 Å². The zero-order chi connectivity index (χ0) is 17.7. The maximum absolute atomic E-state index is 12.8. The second kappa shape index (κ2) is 5.09. The van der Waals surface area contributed by atoms with Crippen molar-refractivity contribution in [3.63, 3.8) is 0 Å². The molecule has 0 aromatic heterocycles. The normalized spacial score (nSPS) is 17.3. The Morgan fingerprint density at radius 3 is 1.14 bits per heavy atom. The van der Waals surface area contributed by atoms with Crippen LogP contribution >= 0.6 is 0 Å². The van der Waals surface area contributed by atoms with Gasteiger partial charge in [-0.3, -0.25) is 0 Å². The first-order chi connectivity index (χ1) is 8.89. The minimum atomic E-state index is -7.58. The third-order valence-electron chi connectivity index (χ3n) is 2.42. The van der Waals surface area contributed by atoms with E-state index >= 15 is 0 Å². The number of rotatable bonds is 6. The highest BCUT2D eigenvalue weighted by molar-refractivity contribution is 5.10. The molecule has 0 heterocycles. The maximum atomic E-state index is 12.8. The molecule has 0 saturated heterocycles. The highest BCUT2D eigenvalue weighted by Crippen LogP contribution is 2.58. The van der Waals surface area contributed by atoms with Gasteiger partial charge in [0.1, 0.15) is 6.10 Å². The van der Waals surface area contributed by atoms with Gasteiger partial charge in [-0.15, -0.1) is 0 Å². The Morgan fingerprint density at radius 1 is 0.619 bits per heavy atom. The van der Waals surface area contributed by atoms with Crippen molar-refractivity contribution >= 4 is 0 Å². The highest BCUT2D eigenvalue weighted by Gasteiger charge is 2.88. The van der Waals surface area contributed by atoms with Gasteiger partial charge in [-0.2, -0.15) is 43.9 Å². The Morgan fingerprint density at radius 2 is 0.905 bits per heavy atom. The van der Waals surface area contributed by atoms with E-state index in [-0.39, 0.29) is 6.92 Å². The monoisotopic (exact) mass is 346 g/mol. The smallest absolute Gasteiger partial charge is 0.384 e. The zero-order valence-corrected chi connectivity index (χ0v) is 9.64. The number of hydrogen-bond donors (Lipinski definition) is 1. The van der Waals surface area contributed by atoms with Crippen LogP contribution < -0.4 is 0 Å². The average Bonchev–Trinajstić information content (AvgIpc) is 2.27. The first kappa shape index (κ1) is 20.1. The number of halogens is 12. The minimum absolute atomic E-state index is 0.215. The van der Waals surface area contributed by atoms with Crippen molar-refractivity contribution in [3.05, 3.63) is 0 Å². The molecule has 128 valence electrons. The Balaban J connectivity index is 6.09. The molecule has 0 aliphatic heterocycles. The van der Waals surface area contributed by atoms with Crippen molar-refractivity contribution in [2.45, 2.75) is 49.1 Å². The summed E-state index contributed by atoms with van der Waals surface area (Å²) in [5.74, 6) is -35.7. The van der Waals surface area contributed by atoms with E-state index in [4.69, 9.17) is 5.11 Å². The molecule has 0 radical (unpaired) electrons. The van der Waals surface area contributed by atoms with Crippen LogP contribution in [0.25, 0.3) is 0 Å². The van der Waals surface area contributed by atoms with Crippen molar-refractivity contribution in [1.29, 1.82) is 0 Å². The largest absolute Gasteiger partial charge is 0.387 e. The first-order valence-corrected chi connectivity index (χ1v) is 4.74. The molecular weight excluding hydrogens is 340 g/mol. The van der Waals surface area contributed by atoms with Gasteiger partial charge >= 0.3 is 36.0 Å². The fraction of sp³-hybridized carbons (Fsp3) is 1.00. The van der Waals surface area contributed by atoms with Gasteiger partial charge in [0, 0.05) is 0 Å². The van der Waals surface area contributed by atoms with Crippen LogP contribution in [0.15, 0.2) is 0 Å². The van der Waals surface area contributed by atoms with E-state index in [1.54, 1.807) is 0 Å². The number of alkyl halides is 12. The van der Waals surface area contributed by atoms with E-state index in [9.17, 15) is 52.7 Å². The molecule has 0 amide bonds. The molecule has 0 spiro atoms. The molecule has 0 aliphatic rings. The summed E-state index contributed by atoms with van der Waals surface area (Å²) < 4.78 is 150. The summed E-state index contributed by atoms with van der Waals surface area (Å²) in [6, 6.07) is 0. The van der Waals surface area contributed by atoms with E-state index in [1.165, 1.54) is 0 Å². The van der Waals surface area contributed by atoms with E-state index in [1.807, 2.05) is 0 Å². The molecule has 0 aliphatic carbocycles. The predicted molar refractivity (Wildman–Crippen MR) is 42.4 cm³/mol. The van der Waals surface area contributed by atoms with E-state index in [2.05, 4.69) is 0 Å². The minimum Gasteiger partial charge on any atom is -0.387 e. The fourth-order valence-electron chi connectivity index (χ4n) is 1.02. The lowest BCUT2D eigenvalue weighted by atomic mass is 9.92. The standard InChI is InChI=1S/C8H6F12O/c1-2(21)4(11,12)6(15,16)8(19,20)7(17,18)5(13,14)3(9)10/h2-3,21H,1H3/t2-/m0/s1. The van der Waals surface area contributed by atoms with Crippen LogP contribution in [0.1, 0.15) is 6.92 Å². The summed E-state index contributed by atoms with van der Waals surface area (Å²) in [6.45, 7) is -0.215. The molecule has 21 heavy (non-hydrogen) atoms. The highest BCUT2D eigenvalue weighted by atomic mass is 19.4. The SMILES string of the molecule is C[C@H](O)C(F)(F)C(F)(F)C(F)(F)C(F)(F)C(F)(F)C(F)F. The van der Waals surface area contributed by atoms with Gasteiger partial charge in [-0.1, -0.05) is 0 Å². The van der Waals surface area contributed by atoms with Gasteiger partial charge in [-0.05, 0) is 6.92 Å². The van der Waals surface area contributed by atoms with Crippen molar-refractivity contribution in [3.8, 4) is 0 Å². The molecular formula is C8H6F12O. The molecule has 0 unspecified atom stereocenters. The summed E-state index contributed by atoms with van der Waals surface area (Å²) in [7, 11) is 0. The molecule has 0 bridgehead atoms. The van der Waals surface area contributed by atoms with Crippen LogP contribution in [-0.2, 0) is 0 Å². The lowest BCUT2D eigenvalue weighted by molar-refractivity contribution is -0.419. The Kier molecular flexibility index (Phi) is 4.88. The van der Waals surface area contributed by atoms with Crippen molar-refractivity contribution in [1.82, 2.24) is 0 Å². The molecule has 1 N–H and O–H groups in total. The van der Waals surface area contributed by atoms with Gasteiger partial charge in [0.2, 0.25) is 0 Å². The van der Waals surface area contributed by atoms with Crippen LogP contribution in [0.3, 0.4) is 0 Å². The molecule has 0 aromatic carbocycles. The lowest BCUT2D eigenvalue weighted by Crippen LogP contribution is -2.70. The molecule has 1 atom stereocenters. The molecule has 1 nitrogen and oxygen atoms in total. The van der Waals surface area contributed by atoms with Crippen molar-refractivity contribution < 1.29 is 57.8 Å². The molecule has 0 aromatic rings. The van der Waals surface area contributed by atoms with E-state index < -0.39 is 42.1 Å². The van der Waals surface area contributed by atoms with Crippen LogP contribution in [0.2, 0.25) is 0 Å². The van der Waals surface area contributed by atoms with Gasteiger partial charge in [0.05, 0.1) is 0 Å². The third kappa shape index (κ3) is 2.52. The number of aliphatic hydroxyl groups is 1. The second-order valence-corrected chi connectivity index (χ2v) is 3.95. The Labute approximate surface area is 108 Å². The summed E-state index contributed by atoms with van der Waals surface area (Å²) in [5, 5.41) is 8.21. The quantitative estimate of drug-likeness (QED) is 0.726. The second-order valence-electron chi connectivity index (χ2n) is 3.95. The molecule has 13 heteroatoms. The van der Waals surface area contributed by atoms with E-state index in [0.29, 0.717) is 0 Å². The predicted octanol–water partition coefficient (Wildman–Crippen LogP) is 3.81. The van der Waals surface area contributed by atoms with Crippen LogP contribution in [0.4, 0.5) is 52.7 Å². The maximum Gasteiger partial charge on any atom is 0.384 e. The topological polar surface area (TPSA) is 20.2 Å². The molecule has 0 rings (SSSR count). The van der Waals surface area contributed by atoms with E-state index in [0.717, 1.165) is 0 Å². The third-order valence-corrected chi connectivity index (χ3v) is 2.42. The lowest BCUT2D eigenvalue weighted by Gasteiger charge is -2.39. The number of aliphatic hydroxyl groups excluding tert-OH is 1. The average molecular weight is 346 g/mol. The molecule has 0 saturated carbocycles. The van der Waals surface area contributed by atoms with Gasteiger partial charge < -0.3 is 5.11 Å². The zero-order valence-electron chi connectivity index (χ0n) is 9.64. The summed E-state index contributed by atoms with van der Waals surface area (Å²) in [5.41, 5.74) is 0. The fourth-order valence-corrected chi connectivity index (χ4v) is 1.02. The first-order valence-electron chi connectivity index (χ1n) is 4.74. The molecule has 0 fully saturated rings. The van der Waals surface area contributed by atoms with Gasteiger partial charge in [-0.25, -0.2) is 8.78 Å². The Bertz CT molecular complexity index is 339. The summed E-state index contributed by atoms with van der Waals surface area (Å²) in [6.07, 6.45) is -9.19. The Hall–Kier alpha value is -0.880. The van der Waals surface area contributed by atoms with Gasteiger partial charge in [0.25, 0.3) is 0 Å². The van der Waals surface area contributed by atoms with Crippen LogP contribution in [-0.4, -0.2) is 47.2 Å². The van der Waals surface area contributed by atoms with Crippen LogP contribution in [0.5, 0.6) is 0 Å². The van der Waals surface area contributed by atoms with Gasteiger partial charge in [0.15, 0.2) is 0 Å².